The molecule has 0 fully saturated rings. The Hall–Kier alpha value is -9.85. The Labute approximate surface area is 526 Å². The molecule has 0 saturated heterocycles. The Morgan fingerprint density at radius 3 is 1.08 bits per heavy atom. The molecule has 33 nitrogen and oxygen atoms in total. The smallest absolute Gasteiger partial charge is 0.328 e. The molecule has 1 rings (SSSR count). The van der Waals surface area contributed by atoms with Crippen molar-refractivity contribution < 1.29 is 43.0 Å². The van der Waals surface area contributed by atoms with E-state index in [1.807, 2.05) is 24.3 Å². The van der Waals surface area contributed by atoms with Gasteiger partial charge in [0.25, 0.3) is 5.91 Å². The predicted octanol–water partition coefficient (Wildman–Crippen LogP) is -3.58. The first-order chi connectivity index (χ1) is 42.6. The van der Waals surface area contributed by atoms with Crippen LogP contribution in [0, 0.1) is 5.41 Å². The number of methoxy groups -OCH3 is 1. The molecule has 90 heavy (non-hydrogen) atoms. The van der Waals surface area contributed by atoms with Crippen LogP contribution in [0.2, 0.25) is 0 Å². The van der Waals surface area contributed by atoms with E-state index >= 15 is 0 Å². The number of allylic oxidation sites excluding steroid dienone is 4. The fraction of sp³-hybridized carbons (Fsp3) is 0.561. The molecule has 30 N–H and O–H groups in total. The molecule has 0 spiro atoms. The zero-order valence-electron chi connectivity index (χ0n) is 52.4. The maximum Gasteiger partial charge on any atom is 0.328 e. The number of nitrogens with zero attached hydrogens (tertiary/aromatic N) is 6. The van der Waals surface area contributed by atoms with Crippen molar-refractivity contribution in [2.45, 2.75) is 147 Å². The second kappa shape index (κ2) is 43.7. The monoisotopic (exact) mass is 1260 g/mol. The van der Waals surface area contributed by atoms with Gasteiger partial charge in [0.2, 0.25) is 29.5 Å². The zero-order valence-corrected chi connectivity index (χ0v) is 52.4. The molecule has 0 bridgehead atoms. The highest BCUT2D eigenvalue weighted by atomic mass is 16.5. The molecule has 0 saturated carbocycles. The zero-order chi connectivity index (χ0) is 67.6. The molecule has 6 amide bonds. The summed E-state index contributed by atoms with van der Waals surface area (Å²) in [5.74, 6) is -6.64. The molecule has 0 aliphatic heterocycles. The normalized spacial score (nSPS) is 13.4. The summed E-state index contributed by atoms with van der Waals surface area (Å²) >= 11 is 0. The molecule has 0 unspecified atom stereocenters. The number of guanidine groups is 6. The lowest BCUT2D eigenvalue weighted by Crippen LogP contribution is -2.59. The Kier molecular flexibility index (Phi) is 38.0. The highest BCUT2D eigenvalue weighted by Gasteiger charge is 2.34. The number of hydrogen-bond donors (Lipinski definition) is 18. The number of ether oxygens (including phenoxy) is 2. The third-order valence-corrected chi connectivity index (χ3v) is 13.3. The van der Waals surface area contributed by atoms with Gasteiger partial charge in [0, 0.05) is 44.7 Å². The van der Waals surface area contributed by atoms with Gasteiger partial charge < -0.3 is 110 Å². The molecule has 0 aliphatic carbocycles. The van der Waals surface area contributed by atoms with Crippen LogP contribution in [0.1, 0.15) is 116 Å². The SMILES string of the molecule is C=C[C@](C)(/C=C/c1ccc(OCC(=O)N[C@@H](CCCN=C(N)N)C(=O)N[C@@H](CCCN=C(N)N)C(=O)N[C@@H](CCCN=C(N)N)C(=O)N[C@@H](CCCN=C(N)N)C(=O)N[C@@H](CCCN=C(N)N)C(=O)N[C@@H](CCCN=C(N)N)C(=O)OC)cc1)CCC=C(C)C. The van der Waals surface area contributed by atoms with Gasteiger partial charge in [-0.1, -0.05) is 48.9 Å². The van der Waals surface area contributed by atoms with Gasteiger partial charge in [-0.05, 0) is 121 Å². The van der Waals surface area contributed by atoms with Crippen LogP contribution in [0.4, 0.5) is 0 Å². The quantitative estimate of drug-likeness (QED) is 0.00987. The van der Waals surface area contributed by atoms with Crippen LogP contribution in [0.5, 0.6) is 5.75 Å². The Morgan fingerprint density at radius 2 is 0.789 bits per heavy atom. The highest BCUT2D eigenvalue weighted by Crippen LogP contribution is 2.28. The van der Waals surface area contributed by atoms with Crippen molar-refractivity contribution in [3.63, 3.8) is 0 Å². The molecule has 502 valence electrons. The average Bonchev–Trinajstić information content (AvgIpc) is 3.10. The maximum atomic E-state index is 14.6. The number of aliphatic imine (C=N–C) groups is 6. The lowest BCUT2D eigenvalue weighted by molar-refractivity contribution is -0.145. The molecular weight excluding hydrogens is 1160 g/mol. The first-order valence-electron chi connectivity index (χ1n) is 29.5. The molecule has 0 aromatic heterocycles. The Morgan fingerprint density at radius 1 is 0.489 bits per heavy atom. The van der Waals surface area contributed by atoms with E-state index in [9.17, 15) is 33.6 Å². The lowest BCUT2D eigenvalue weighted by Gasteiger charge is -2.27. The third-order valence-electron chi connectivity index (χ3n) is 13.3. The number of hydrogen-bond acceptors (Lipinski definition) is 15. The van der Waals surface area contributed by atoms with Crippen LogP contribution in [-0.4, -0.2) is 166 Å². The topological polar surface area (TPSA) is 597 Å². The van der Waals surface area contributed by atoms with E-state index in [1.54, 1.807) is 12.1 Å². The van der Waals surface area contributed by atoms with Gasteiger partial charge in [-0.3, -0.25) is 58.7 Å². The van der Waals surface area contributed by atoms with E-state index in [0.29, 0.717) is 5.75 Å². The van der Waals surface area contributed by atoms with Gasteiger partial charge in [-0.2, -0.15) is 0 Å². The van der Waals surface area contributed by atoms with Crippen LogP contribution < -0.4 is 105 Å². The van der Waals surface area contributed by atoms with E-state index in [2.05, 4.69) is 101 Å². The summed E-state index contributed by atoms with van der Waals surface area (Å²) in [6, 6.07) is -1.03. The number of esters is 1. The number of nitrogens with one attached hydrogen (secondary N) is 6. The summed E-state index contributed by atoms with van der Waals surface area (Å²) in [5, 5.41) is 16.0. The molecule has 0 heterocycles. The van der Waals surface area contributed by atoms with Gasteiger partial charge in [0.15, 0.2) is 42.4 Å². The number of amides is 6. The molecule has 1 aromatic rings. The Bertz CT molecular complexity index is 2690. The van der Waals surface area contributed by atoms with Gasteiger partial charge in [-0.15, -0.1) is 6.58 Å². The fourth-order valence-corrected chi connectivity index (χ4v) is 8.39. The molecule has 33 heteroatoms. The van der Waals surface area contributed by atoms with E-state index < -0.39 is 84.3 Å². The summed E-state index contributed by atoms with van der Waals surface area (Å²) in [5.41, 5.74) is 68.4. The second-order valence-corrected chi connectivity index (χ2v) is 21.4. The number of carbonyl (C=O) groups excluding carboxylic acids is 7. The second-order valence-electron chi connectivity index (χ2n) is 21.4. The first-order valence-corrected chi connectivity index (χ1v) is 29.5. The van der Waals surface area contributed by atoms with Crippen molar-refractivity contribution in [2.75, 3.05) is 53.0 Å². The number of rotatable bonds is 45. The molecule has 0 aliphatic rings. The first kappa shape index (κ1) is 78.2. The number of benzene rings is 1. The third kappa shape index (κ3) is 36.3. The van der Waals surface area contributed by atoms with E-state index in [0.717, 1.165) is 25.5 Å². The minimum atomic E-state index is -1.45. The highest BCUT2D eigenvalue weighted by molar-refractivity contribution is 5.97. The van der Waals surface area contributed by atoms with Crippen molar-refractivity contribution in [1.29, 1.82) is 0 Å². The standard InChI is InChI=1S/C57H100N24O9/c1-6-57(4,26-7-14-35(2)3)27-25-36-21-23-37(24-22-36)90-34-44(82)76-38(15-8-28-70-51(58)59)45(83)77-39(16-9-29-71-52(60)61)46(84)78-40(17-10-30-72-53(62)63)47(85)79-41(18-11-31-73-54(64)65)48(86)80-42(19-12-32-74-55(66)67)49(87)81-43(50(88)89-5)20-13-33-75-56(68)69/h6,14,21-25,27,38-43H,1,7-13,15-20,26,28-34H2,2-5H3,(H,76,82)(H,77,83)(H,78,84)(H,79,85)(H,80,86)(H,81,87)(H4,58,59,70)(H4,60,61,71)(H4,62,63,72)(H4,64,65,73)(H4,66,67,74)(H4,68,69,75)/b27-25+/t38-,39-,40-,41-,42-,43-,57-/m0/s1. The van der Waals surface area contributed by atoms with E-state index in [4.69, 9.17) is 78.3 Å². The minimum absolute atomic E-state index is 0.00118. The van der Waals surface area contributed by atoms with Gasteiger partial charge in [0.1, 0.15) is 42.0 Å². The predicted molar refractivity (Wildman–Crippen MR) is 351 cm³/mol. The molecule has 1 aromatic carbocycles. The van der Waals surface area contributed by atoms with Gasteiger partial charge in [-0.25, -0.2) is 4.79 Å². The molecule has 7 atom stereocenters. The number of carbonyl (C=O) groups is 7. The van der Waals surface area contributed by atoms with Crippen LogP contribution in [0.3, 0.4) is 0 Å². The summed E-state index contributed by atoms with van der Waals surface area (Å²) in [6.45, 7) is 10.0. The van der Waals surface area contributed by atoms with Crippen molar-refractivity contribution in [3.05, 3.63) is 60.2 Å². The summed E-state index contributed by atoms with van der Waals surface area (Å²) in [6.07, 6.45) is 10.5. The molecule has 0 radical (unpaired) electrons. The maximum absolute atomic E-state index is 14.6. The lowest BCUT2D eigenvalue weighted by atomic mass is 9.84. The van der Waals surface area contributed by atoms with Crippen LogP contribution >= 0.6 is 0 Å². The summed E-state index contributed by atoms with van der Waals surface area (Å²) in [4.78, 5) is 122. The molecular formula is C57H100N24O9. The van der Waals surface area contributed by atoms with E-state index in [-0.39, 0.29) is 157 Å². The van der Waals surface area contributed by atoms with Gasteiger partial charge in [0.05, 0.1) is 7.11 Å². The average molecular weight is 1270 g/mol. The largest absolute Gasteiger partial charge is 0.484 e. The van der Waals surface area contributed by atoms with E-state index in [1.165, 1.54) is 5.57 Å². The van der Waals surface area contributed by atoms with Crippen LogP contribution in [0.15, 0.2) is 84.6 Å². The Balaban J connectivity index is 3.70. The van der Waals surface area contributed by atoms with Crippen LogP contribution in [0.25, 0.3) is 6.08 Å². The van der Waals surface area contributed by atoms with Gasteiger partial charge >= 0.3 is 5.97 Å². The summed E-state index contributed by atoms with van der Waals surface area (Å²) in [7, 11) is 1.13. The van der Waals surface area contributed by atoms with Crippen molar-refractivity contribution in [1.82, 2.24) is 31.9 Å². The number of nitrogens with two attached hydrogens (primary N) is 12. The van der Waals surface area contributed by atoms with Crippen molar-refractivity contribution in [2.24, 2.45) is 104 Å². The summed E-state index contributed by atoms with van der Waals surface area (Å²) < 4.78 is 10.7. The minimum Gasteiger partial charge on any atom is -0.484 e. The van der Waals surface area contributed by atoms with Crippen molar-refractivity contribution >= 4 is 83.2 Å². The van der Waals surface area contributed by atoms with Crippen molar-refractivity contribution in [3.8, 4) is 5.75 Å². The fourth-order valence-electron chi connectivity index (χ4n) is 8.39. The van der Waals surface area contributed by atoms with Crippen LogP contribution in [-0.2, 0) is 38.3 Å².